The monoisotopic (exact) mass is 319 g/mol. The highest BCUT2D eigenvalue weighted by molar-refractivity contribution is 7.21. The summed E-state index contributed by atoms with van der Waals surface area (Å²) in [4.78, 5) is 28.3. The van der Waals surface area contributed by atoms with Gasteiger partial charge in [-0.3, -0.25) is 9.59 Å². The van der Waals surface area contributed by atoms with E-state index in [1.165, 1.54) is 16.9 Å². The molecular formula is C15H17N3O3S. The van der Waals surface area contributed by atoms with Crippen LogP contribution in [-0.4, -0.2) is 28.5 Å². The molecule has 3 rings (SSSR count). The predicted octanol–water partition coefficient (Wildman–Crippen LogP) is 1.82. The fourth-order valence-electron chi connectivity index (χ4n) is 2.78. The average Bonchev–Trinajstić information content (AvgIpc) is 2.79. The number of hydrogen-bond donors (Lipinski definition) is 3. The van der Waals surface area contributed by atoms with Crippen molar-refractivity contribution in [3.05, 3.63) is 22.2 Å². The van der Waals surface area contributed by atoms with Gasteiger partial charge in [0, 0.05) is 11.1 Å². The number of fused-ring (bicyclic) bond motifs is 2. The molecule has 2 aromatic rings. The number of amides is 1. The standard InChI is InChI=1S/C15H17N3O3S/c1-7-2-3-10-8(4-7)5-9-12(16)13(22-15(9)18-10)14(21)17-6-11(19)20/h5,7H,2-4,6,16H2,1H3,(H,17,21)(H,19,20). The van der Waals surface area contributed by atoms with Crippen molar-refractivity contribution in [1.29, 1.82) is 0 Å². The number of nitrogens with zero attached hydrogens (tertiary/aromatic N) is 1. The van der Waals surface area contributed by atoms with Crippen LogP contribution in [0.3, 0.4) is 0 Å². The Morgan fingerprint density at radius 2 is 2.32 bits per heavy atom. The molecule has 0 fully saturated rings. The van der Waals surface area contributed by atoms with Gasteiger partial charge in [-0.05, 0) is 36.8 Å². The Kier molecular flexibility index (Phi) is 3.74. The number of hydrogen-bond acceptors (Lipinski definition) is 5. The number of anilines is 1. The van der Waals surface area contributed by atoms with Crippen LogP contribution in [0.4, 0.5) is 5.69 Å². The van der Waals surface area contributed by atoms with Crippen LogP contribution in [0.25, 0.3) is 10.2 Å². The Morgan fingerprint density at radius 1 is 1.55 bits per heavy atom. The number of carbonyl (C=O) groups excluding carboxylic acids is 1. The Bertz CT molecular complexity index is 769. The first-order valence-electron chi connectivity index (χ1n) is 7.16. The summed E-state index contributed by atoms with van der Waals surface area (Å²) in [5.41, 5.74) is 8.75. The molecule has 1 aliphatic carbocycles. The molecule has 22 heavy (non-hydrogen) atoms. The van der Waals surface area contributed by atoms with Crippen molar-refractivity contribution in [2.75, 3.05) is 12.3 Å². The topological polar surface area (TPSA) is 105 Å². The van der Waals surface area contributed by atoms with E-state index < -0.39 is 18.4 Å². The van der Waals surface area contributed by atoms with E-state index in [4.69, 9.17) is 10.8 Å². The number of aliphatic carboxylic acids is 1. The molecule has 1 unspecified atom stereocenters. The third-order valence-corrected chi connectivity index (χ3v) is 5.05. The lowest BCUT2D eigenvalue weighted by Gasteiger charge is -2.20. The molecule has 0 saturated heterocycles. The van der Waals surface area contributed by atoms with Crippen molar-refractivity contribution in [3.8, 4) is 0 Å². The van der Waals surface area contributed by atoms with E-state index in [1.54, 1.807) is 0 Å². The van der Waals surface area contributed by atoms with Gasteiger partial charge < -0.3 is 16.2 Å². The maximum atomic E-state index is 12.0. The van der Waals surface area contributed by atoms with Crippen molar-refractivity contribution >= 4 is 39.1 Å². The van der Waals surface area contributed by atoms with E-state index >= 15 is 0 Å². The van der Waals surface area contributed by atoms with Crippen molar-refractivity contribution in [2.45, 2.75) is 26.2 Å². The summed E-state index contributed by atoms with van der Waals surface area (Å²) in [5.74, 6) is -0.921. The number of carboxylic acids is 1. The Hall–Kier alpha value is -2.15. The van der Waals surface area contributed by atoms with E-state index in [0.29, 0.717) is 16.5 Å². The zero-order valence-electron chi connectivity index (χ0n) is 12.2. The molecular weight excluding hydrogens is 302 g/mol. The van der Waals surface area contributed by atoms with Gasteiger partial charge >= 0.3 is 5.97 Å². The van der Waals surface area contributed by atoms with Gasteiger partial charge in [-0.25, -0.2) is 4.98 Å². The summed E-state index contributed by atoms with van der Waals surface area (Å²) in [6.45, 7) is 1.79. The highest BCUT2D eigenvalue weighted by Gasteiger charge is 2.22. The van der Waals surface area contributed by atoms with Gasteiger partial charge in [-0.1, -0.05) is 6.92 Å². The van der Waals surface area contributed by atoms with Gasteiger partial charge in [0.1, 0.15) is 16.3 Å². The number of thiophene rings is 1. The Balaban J connectivity index is 1.98. The molecule has 1 atom stereocenters. The molecule has 0 bridgehead atoms. The van der Waals surface area contributed by atoms with Gasteiger partial charge in [0.25, 0.3) is 5.91 Å². The second-order valence-corrected chi connectivity index (χ2v) is 6.72. The van der Waals surface area contributed by atoms with Gasteiger partial charge in [0.05, 0.1) is 5.69 Å². The minimum absolute atomic E-state index is 0.333. The summed E-state index contributed by atoms with van der Waals surface area (Å²) in [5, 5.41) is 11.8. The number of carboxylic acid groups (broad SMARTS) is 1. The molecule has 1 aliphatic rings. The fraction of sp³-hybridized carbons (Fsp3) is 0.400. The molecule has 0 saturated carbocycles. The zero-order valence-corrected chi connectivity index (χ0v) is 13.0. The maximum absolute atomic E-state index is 12.0. The average molecular weight is 319 g/mol. The summed E-state index contributed by atoms with van der Waals surface area (Å²) in [6, 6.07) is 2.03. The number of pyridine rings is 1. The van der Waals surface area contributed by atoms with Crippen molar-refractivity contribution in [2.24, 2.45) is 5.92 Å². The van der Waals surface area contributed by atoms with Crippen molar-refractivity contribution in [1.82, 2.24) is 10.3 Å². The second-order valence-electron chi connectivity index (χ2n) is 5.72. The molecule has 0 aromatic carbocycles. The smallest absolute Gasteiger partial charge is 0.322 e. The van der Waals surface area contributed by atoms with E-state index in [0.717, 1.165) is 35.2 Å². The van der Waals surface area contributed by atoms with E-state index in [-0.39, 0.29) is 0 Å². The van der Waals surface area contributed by atoms with E-state index in [1.807, 2.05) is 6.07 Å². The van der Waals surface area contributed by atoms with E-state index in [9.17, 15) is 9.59 Å². The summed E-state index contributed by atoms with van der Waals surface area (Å²) < 4.78 is 0. The normalized spacial score (nSPS) is 17.2. The highest BCUT2D eigenvalue weighted by atomic mass is 32.1. The first-order valence-corrected chi connectivity index (χ1v) is 7.98. The molecule has 0 radical (unpaired) electrons. The second kappa shape index (κ2) is 5.57. The van der Waals surface area contributed by atoms with Crippen LogP contribution < -0.4 is 11.1 Å². The lowest BCUT2D eigenvalue weighted by Crippen LogP contribution is -2.29. The van der Waals surface area contributed by atoms with Gasteiger partial charge in [0.15, 0.2) is 0 Å². The fourth-order valence-corrected chi connectivity index (χ4v) is 3.79. The molecule has 2 heterocycles. The van der Waals surface area contributed by atoms with Gasteiger partial charge in [-0.2, -0.15) is 0 Å². The number of nitrogen functional groups attached to an aromatic ring is 1. The summed E-state index contributed by atoms with van der Waals surface area (Å²) in [6.07, 6.45) is 3.05. The highest BCUT2D eigenvalue weighted by Crippen LogP contribution is 2.36. The number of rotatable bonds is 3. The van der Waals surface area contributed by atoms with Crippen LogP contribution in [0.5, 0.6) is 0 Å². The van der Waals surface area contributed by atoms with Crippen LogP contribution in [-0.2, 0) is 17.6 Å². The Labute approximate surface area is 131 Å². The summed E-state index contributed by atoms with van der Waals surface area (Å²) >= 11 is 1.22. The van der Waals surface area contributed by atoms with E-state index in [2.05, 4.69) is 17.2 Å². The van der Waals surface area contributed by atoms with Crippen LogP contribution in [0.15, 0.2) is 6.07 Å². The summed E-state index contributed by atoms with van der Waals surface area (Å²) in [7, 11) is 0. The first-order chi connectivity index (χ1) is 10.5. The van der Waals surface area contributed by atoms with Crippen LogP contribution in [0.1, 0.15) is 34.3 Å². The van der Waals surface area contributed by atoms with Gasteiger partial charge in [0.2, 0.25) is 0 Å². The minimum atomic E-state index is -1.09. The van der Waals surface area contributed by atoms with Crippen molar-refractivity contribution in [3.63, 3.8) is 0 Å². The van der Waals surface area contributed by atoms with Crippen LogP contribution in [0, 0.1) is 5.92 Å². The number of carbonyl (C=O) groups is 2. The van der Waals surface area contributed by atoms with Crippen LogP contribution >= 0.6 is 11.3 Å². The molecule has 0 aliphatic heterocycles. The number of aryl methyl sites for hydroxylation is 1. The minimum Gasteiger partial charge on any atom is -0.480 e. The molecule has 4 N–H and O–H groups in total. The predicted molar refractivity (Wildman–Crippen MR) is 85.2 cm³/mol. The number of nitrogens with one attached hydrogen (secondary N) is 1. The zero-order chi connectivity index (χ0) is 15.9. The number of nitrogens with two attached hydrogens (primary N) is 1. The van der Waals surface area contributed by atoms with Crippen LogP contribution in [0.2, 0.25) is 0 Å². The third kappa shape index (κ3) is 2.64. The largest absolute Gasteiger partial charge is 0.480 e. The molecule has 0 spiro atoms. The SMILES string of the molecule is CC1CCc2nc3sc(C(=O)NCC(=O)O)c(N)c3cc2C1. The Morgan fingerprint density at radius 3 is 3.05 bits per heavy atom. The molecule has 1 amide bonds. The lowest BCUT2D eigenvalue weighted by atomic mass is 9.87. The molecule has 116 valence electrons. The molecule has 2 aromatic heterocycles. The van der Waals surface area contributed by atoms with Gasteiger partial charge in [-0.15, -0.1) is 11.3 Å². The first kappa shape index (κ1) is 14.8. The molecule has 6 nitrogen and oxygen atoms in total. The third-order valence-electron chi connectivity index (χ3n) is 3.94. The maximum Gasteiger partial charge on any atom is 0.322 e. The number of aromatic nitrogens is 1. The quantitative estimate of drug-likeness (QED) is 0.800. The molecule has 7 heteroatoms. The van der Waals surface area contributed by atoms with Crippen molar-refractivity contribution < 1.29 is 14.7 Å². The lowest BCUT2D eigenvalue weighted by molar-refractivity contribution is -0.135.